The number of hydrogen-bond donors (Lipinski definition) is 0. The molecule has 0 N–H and O–H groups in total. The molecule has 1 aromatic heterocycles. The van der Waals surface area contributed by atoms with Crippen LogP contribution in [0.5, 0.6) is 0 Å². The van der Waals surface area contributed by atoms with Crippen molar-refractivity contribution in [2.45, 2.75) is 19.4 Å². The minimum atomic E-state index is -0.790. The number of benzene rings is 1. The third-order valence-corrected chi connectivity index (χ3v) is 4.73. The maximum Gasteiger partial charge on any atom is 0.332 e. The predicted molar refractivity (Wildman–Crippen MR) is 76.5 cm³/mol. The zero-order valence-corrected chi connectivity index (χ0v) is 11.8. The van der Waals surface area contributed by atoms with E-state index in [1.165, 1.54) is 21.1 Å². The first kappa shape index (κ1) is 12.2. The van der Waals surface area contributed by atoms with Crippen LogP contribution in [0, 0.1) is 0 Å². The summed E-state index contributed by atoms with van der Waals surface area (Å²) in [5, 5.41) is 4.68. The van der Waals surface area contributed by atoms with E-state index in [-0.39, 0.29) is 11.9 Å². The molecule has 0 radical (unpaired) electrons. The van der Waals surface area contributed by atoms with E-state index < -0.39 is 5.54 Å². The molecule has 3 rings (SSSR count). The van der Waals surface area contributed by atoms with Gasteiger partial charge in [0.2, 0.25) is 0 Å². The molecule has 19 heavy (non-hydrogen) atoms. The molecule has 4 nitrogen and oxygen atoms in total. The van der Waals surface area contributed by atoms with E-state index in [0.29, 0.717) is 5.00 Å². The molecule has 0 bridgehead atoms. The van der Waals surface area contributed by atoms with Crippen molar-refractivity contribution in [1.29, 1.82) is 0 Å². The minimum absolute atomic E-state index is 0.174. The molecule has 0 aliphatic carbocycles. The summed E-state index contributed by atoms with van der Waals surface area (Å²) in [5.74, 6) is -0.174. The lowest BCUT2D eigenvalue weighted by molar-refractivity contribution is -0.123. The lowest BCUT2D eigenvalue weighted by atomic mass is 10.1. The van der Waals surface area contributed by atoms with Crippen LogP contribution in [0.15, 0.2) is 29.6 Å². The van der Waals surface area contributed by atoms with Crippen molar-refractivity contribution >= 4 is 39.0 Å². The van der Waals surface area contributed by atoms with Crippen molar-refractivity contribution in [3.05, 3.63) is 29.6 Å². The van der Waals surface area contributed by atoms with E-state index >= 15 is 0 Å². The SMILES string of the molecule is CN1C(=O)N(c2scc3ccccc23)C(=O)C1(C)C. The van der Waals surface area contributed by atoms with Gasteiger partial charge in [-0.3, -0.25) is 4.79 Å². The lowest BCUT2D eigenvalue weighted by Gasteiger charge is -2.22. The molecule has 0 atom stereocenters. The third kappa shape index (κ3) is 1.51. The molecule has 2 heterocycles. The Balaban J connectivity index is 2.18. The standard InChI is InChI=1S/C14H14N2O2S/c1-14(2)12(17)16(13(18)15(14)3)11-10-7-5-4-6-9(10)8-19-11/h4-8H,1-3H3. The van der Waals surface area contributed by atoms with E-state index in [1.54, 1.807) is 20.9 Å². The van der Waals surface area contributed by atoms with Crippen molar-refractivity contribution in [3.63, 3.8) is 0 Å². The van der Waals surface area contributed by atoms with Crippen LogP contribution in [-0.2, 0) is 4.79 Å². The van der Waals surface area contributed by atoms with Crippen molar-refractivity contribution in [2.75, 3.05) is 11.9 Å². The highest BCUT2D eigenvalue weighted by molar-refractivity contribution is 7.16. The first-order valence-corrected chi connectivity index (χ1v) is 6.91. The highest BCUT2D eigenvalue weighted by Crippen LogP contribution is 2.39. The largest absolute Gasteiger partial charge is 0.332 e. The van der Waals surface area contributed by atoms with Gasteiger partial charge in [0, 0.05) is 17.8 Å². The molecule has 1 saturated heterocycles. The Morgan fingerprint density at radius 3 is 2.47 bits per heavy atom. The van der Waals surface area contributed by atoms with Gasteiger partial charge in [0.25, 0.3) is 5.91 Å². The summed E-state index contributed by atoms with van der Waals surface area (Å²) in [5.41, 5.74) is -0.790. The number of carbonyl (C=O) groups is 2. The van der Waals surface area contributed by atoms with Crippen LogP contribution in [0.2, 0.25) is 0 Å². The van der Waals surface area contributed by atoms with E-state index in [1.807, 2.05) is 29.6 Å². The van der Waals surface area contributed by atoms with Crippen molar-refractivity contribution in [1.82, 2.24) is 4.90 Å². The number of urea groups is 1. The Hall–Kier alpha value is -1.88. The summed E-state index contributed by atoms with van der Waals surface area (Å²) in [6.45, 7) is 3.53. The van der Waals surface area contributed by atoms with Crippen LogP contribution < -0.4 is 4.90 Å². The van der Waals surface area contributed by atoms with Gasteiger partial charge in [-0.05, 0) is 19.2 Å². The predicted octanol–water partition coefficient (Wildman–Crippen LogP) is 3.08. The maximum absolute atomic E-state index is 12.5. The summed E-state index contributed by atoms with van der Waals surface area (Å²) in [7, 11) is 1.66. The van der Waals surface area contributed by atoms with Gasteiger partial charge in [-0.25, -0.2) is 9.69 Å². The highest BCUT2D eigenvalue weighted by atomic mass is 32.1. The van der Waals surface area contributed by atoms with Gasteiger partial charge in [-0.15, -0.1) is 11.3 Å². The third-order valence-electron chi connectivity index (χ3n) is 3.74. The Kier molecular flexibility index (Phi) is 2.44. The molecule has 1 aliphatic heterocycles. The van der Waals surface area contributed by atoms with E-state index in [0.717, 1.165) is 10.8 Å². The number of imide groups is 1. The van der Waals surface area contributed by atoms with Crippen molar-refractivity contribution < 1.29 is 9.59 Å². The van der Waals surface area contributed by atoms with Crippen molar-refractivity contribution in [2.24, 2.45) is 0 Å². The topological polar surface area (TPSA) is 40.6 Å². The van der Waals surface area contributed by atoms with Gasteiger partial charge in [0.05, 0.1) is 0 Å². The number of likely N-dealkylation sites (N-methyl/N-ethyl adjacent to an activating group) is 1. The van der Waals surface area contributed by atoms with Crippen LogP contribution in [0.3, 0.4) is 0 Å². The van der Waals surface area contributed by atoms with Gasteiger partial charge in [0.15, 0.2) is 0 Å². The molecule has 1 aliphatic rings. The summed E-state index contributed by atoms with van der Waals surface area (Å²) in [4.78, 5) is 27.6. The molecular formula is C14H14N2O2S. The van der Waals surface area contributed by atoms with E-state index in [2.05, 4.69) is 0 Å². The number of nitrogens with zero attached hydrogens (tertiary/aromatic N) is 2. The molecule has 0 spiro atoms. The Morgan fingerprint density at radius 1 is 1.16 bits per heavy atom. The number of fused-ring (bicyclic) bond motifs is 1. The molecule has 2 aromatic rings. The summed E-state index contributed by atoms with van der Waals surface area (Å²) in [6, 6.07) is 7.52. The second-order valence-corrected chi connectivity index (χ2v) is 6.03. The quantitative estimate of drug-likeness (QED) is 0.750. The molecule has 5 heteroatoms. The van der Waals surface area contributed by atoms with Gasteiger partial charge < -0.3 is 4.90 Å². The number of anilines is 1. The molecule has 1 aromatic carbocycles. The molecule has 3 amide bonds. The normalized spacial score (nSPS) is 18.7. The van der Waals surface area contributed by atoms with Crippen LogP contribution in [0.1, 0.15) is 13.8 Å². The van der Waals surface area contributed by atoms with Crippen LogP contribution in [-0.4, -0.2) is 29.4 Å². The van der Waals surface area contributed by atoms with Crippen molar-refractivity contribution in [3.8, 4) is 0 Å². The molecule has 98 valence electrons. The second kappa shape index (κ2) is 3.81. The van der Waals surface area contributed by atoms with Gasteiger partial charge in [-0.2, -0.15) is 0 Å². The second-order valence-electron chi connectivity index (χ2n) is 5.17. The van der Waals surface area contributed by atoms with E-state index in [9.17, 15) is 9.59 Å². The fourth-order valence-electron chi connectivity index (χ4n) is 2.22. The summed E-state index contributed by atoms with van der Waals surface area (Å²) in [6.07, 6.45) is 0. The Bertz CT molecular complexity index is 690. The van der Waals surface area contributed by atoms with Crippen LogP contribution in [0.4, 0.5) is 9.80 Å². The number of hydrogen-bond acceptors (Lipinski definition) is 3. The lowest BCUT2D eigenvalue weighted by Crippen LogP contribution is -2.41. The summed E-state index contributed by atoms with van der Waals surface area (Å²) >= 11 is 1.43. The summed E-state index contributed by atoms with van der Waals surface area (Å²) < 4.78 is 0. The Morgan fingerprint density at radius 2 is 1.84 bits per heavy atom. The average Bonchev–Trinajstić information content (AvgIpc) is 2.87. The number of thiophene rings is 1. The van der Waals surface area contributed by atoms with Crippen LogP contribution >= 0.6 is 11.3 Å². The fraction of sp³-hybridized carbons (Fsp3) is 0.286. The number of rotatable bonds is 1. The highest BCUT2D eigenvalue weighted by Gasteiger charge is 2.50. The minimum Gasteiger partial charge on any atom is -0.313 e. The zero-order chi connectivity index (χ0) is 13.8. The first-order chi connectivity index (χ1) is 8.94. The average molecular weight is 274 g/mol. The molecule has 0 unspecified atom stereocenters. The van der Waals surface area contributed by atoms with Gasteiger partial charge in [0.1, 0.15) is 10.5 Å². The van der Waals surface area contributed by atoms with Gasteiger partial charge in [-0.1, -0.05) is 24.3 Å². The number of carbonyl (C=O) groups excluding carboxylic acids is 2. The fourth-order valence-corrected chi connectivity index (χ4v) is 3.25. The zero-order valence-electron chi connectivity index (χ0n) is 11.0. The van der Waals surface area contributed by atoms with E-state index in [4.69, 9.17) is 0 Å². The Labute approximate surface area is 115 Å². The number of amides is 3. The maximum atomic E-state index is 12.5. The monoisotopic (exact) mass is 274 g/mol. The molecule has 0 saturated carbocycles. The van der Waals surface area contributed by atoms with Crippen LogP contribution in [0.25, 0.3) is 10.8 Å². The molecular weight excluding hydrogens is 260 g/mol. The smallest absolute Gasteiger partial charge is 0.313 e. The first-order valence-electron chi connectivity index (χ1n) is 6.03. The molecule has 1 fully saturated rings. The van der Waals surface area contributed by atoms with Gasteiger partial charge >= 0.3 is 6.03 Å².